The van der Waals surface area contributed by atoms with E-state index in [0.717, 1.165) is 5.56 Å². The highest BCUT2D eigenvalue weighted by atomic mass is 32.2. The van der Waals surface area contributed by atoms with E-state index >= 15 is 0 Å². The molecule has 0 aliphatic carbocycles. The Morgan fingerprint density at radius 3 is 2.72 bits per heavy atom. The first kappa shape index (κ1) is 14.6. The number of aliphatic hydroxyl groups is 1. The molecule has 0 aromatic heterocycles. The largest absolute Gasteiger partial charge is 0.395 e. The normalized spacial score (nSPS) is 10.6. The fourth-order valence-electron chi connectivity index (χ4n) is 1.30. The second kappa shape index (κ2) is 6.43. The van der Waals surface area contributed by atoms with E-state index in [1.54, 1.807) is 13.0 Å². The van der Waals surface area contributed by atoms with Gasteiger partial charge in [-0.05, 0) is 31.5 Å². The second-order valence-electron chi connectivity index (χ2n) is 3.83. The summed E-state index contributed by atoms with van der Waals surface area (Å²) in [6, 6.07) is 5.34. The lowest BCUT2D eigenvalue weighted by Gasteiger charge is -2.08. The van der Waals surface area contributed by atoms with Crippen LogP contribution < -0.4 is 4.72 Å². The lowest BCUT2D eigenvalue weighted by Crippen LogP contribution is -2.15. The van der Waals surface area contributed by atoms with Gasteiger partial charge >= 0.3 is 0 Å². The van der Waals surface area contributed by atoms with E-state index in [2.05, 4.69) is 16.6 Å². The molecule has 0 aliphatic rings. The summed E-state index contributed by atoms with van der Waals surface area (Å²) in [6.45, 7) is 3.48. The number of nitrogens with one attached hydrogen (secondary N) is 1. The van der Waals surface area contributed by atoms with Crippen molar-refractivity contribution in [3.05, 3.63) is 29.3 Å². The van der Waals surface area contributed by atoms with Gasteiger partial charge in [-0.15, -0.1) is 0 Å². The third-order valence-electron chi connectivity index (χ3n) is 2.28. The molecule has 98 valence electrons. The molecule has 0 saturated carbocycles. The van der Waals surface area contributed by atoms with Gasteiger partial charge in [0.05, 0.1) is 18.0 Å². The van der Waals surface area contributed by atoms with Gasteiger partial charge in [0.1, 0.15) is 0 Å². The standard InChI is InChI=1S/C13H17NO3S/c1-3-18(16,17)14-13-8-7-11(2)10-12(13)6-4-5-9-15/h7-8,10,14-15H,3,5,9H2,1-2H3. The van der Waals surface area contributed by atoms with Crippen molar-refractivity contribution in [2.45, 2.75) is 20.3 Å². The number of rotatable bonds is 4. The van der Waals surface area contributed by atoms with Crippen LogP contribution in [0, 0.1) is 18.8 Å². The predicted octanol–water partition coefficient (Wildman–Crippen LogP) is 1.49. The summed E-state index contributed by atoms with van der Waals surface area (Å²) in [5.74, 6) is 5.67. The minimum atomic E-state index is -3.31. The van der Waals surface area contributed by atoms with Crippen LogP contribution in [0.1, 0.15) is 24.5 Å². The van der Waals surface area contributed by atoms with Crippen LogP contribution in [0.15, 0.2) is 18.2 Å². The molecule has 0 bridgehead atoms. The lowest BCUT2D eigenvalue weighted by molar-refractivity contribution is 0.305. The first-order valence-corrected chi connectivity index (χ1v) is 7.34. The van der Waals surface area contributed by atoms with E-state index < -0.39 is 10.0 Å². The van der Waals surface area contributed by atoms with E-state index in [4.69, 9.17) is 5.11 Å². The van der Waals surface area contributed by atoms with Crippen LogP contribution in [0.4, 0.5) is 5.69 Å². The second-order valence-corrected chi connectivity index (χ2v) is 5.84. The molecular formula is C13H17NO3S. The minimum absolute atomic E-state index is 0.00512. The van der Waals surface area contributed by atoms with Crippen LogP contribution in [0.3, 0.4) is 0 Å². The Hall–Kier alpha value is -1.51. The molecule has 5 heteroatoms. The topological polar surface area (TPSA) is 66.4 Å². The number of hydrogen-bond acceptors (Lipinski definition) is 3. The maximum atomic E-state index is 11.5. The van der Waals surface area contributed by atoms with Gasteiger partial charge in [-0.25, -0.2) is 8.42 Å². The maximum Gasteiger partial charge on any atom is 0.232 e. The smallest absolute Gasteiger partial charge is 0.232 e. The molecule has 0 fully saturated rings. The molecule has 1 aromatic rings. The molecule has 4 nitrogen and oxygen atoms in total. The summed E-state index contributed by atoms with van der Waals surface area (Å²) >= 11 is 0. The molecule has 0 heterocycles. The van der Waals surface area contributed by atoms with Crippen molar-refractivity contribution < 1.29 is 13.5 Å². The Morgan fingerprint density at radius 2 is 2.11 bits per heavy atom. The van der Waals surface area contributed by atoms with Crippen molar-refractivity contribution in [3.63, 3.8) is 0 Å². The molecular weight excluding hydrogens is 250 g/mol. The molecule has 0 atom stereocenters. The zero-order chi connectivity index (χ0) is 13.6. The maximum absolute atomic E-state index is 11.5. The average Bonchev–Trinajstić information content (AvgIpc) is 2.33. The van der Waals surface area contributed by atoms with Crippen molar-refractivity contribution in [1.29, 1.82) is 0 Å². The molecule has 18 heavy (non-hydrogen) atoms. The van der Waals surface area contributed by atoms with Crippen molar-refractivity contribution in [3.8, 4) is 11.8 Å². The first-order valence-electron chi connectivity index (χ1n) is 5.69. The van der Waals surface area contributed by atoms with E-state index in [1.165, 1.54) is 0 Å². The summed E-state index contributed by atoms with van der Waals surface area (Å²) in [6.07, 6.45) is 0.369. The highest BCUT2D eigenvalue weighted by molar-refractivity contribution is 7.92. The summed E-state index contributed by atoms with van der Waals surface area (Å²) < 4.78 is 25.6. The van der Waals surface area contributed by atoms with Gasteiger partial charge in [-0.3, -0.25) is 4.72 Å². The van der Waals surface area contributed by atoms with Gasteiger partial charge in [0.2, 0.25) is 10.0 Å². The fraction of sp³-hybridized carbons (Fsp3) is 0.385. The van der Waals surface area contributed by atoms with Crippen LogP contribution in [-0.2, 0) is 10.0 Å². The van der Waals surface area contributed by atoms with E-state index in [1.807, 2.05) is 19.1 Å². The monoisotopic (exact) mass is 267 g/mol. The zero-order valence-electron chi connectivity index (χ0n) is 10.5. The Balaban J connectivity index is 3.09. The van der Waals surface area contributed by atoms with Gasteiger partial charge < -0.3 is 5.11 Å². The number of aliphatic hydroxyl groups excluding tert-OH is 1. The van der Waals surface area contributed by atoms with Crippen LogP contribution in [0.2, 0.25) is 0 Å². The van der Waals surface area contributed by atoms with Crippen LogP contribution in [0.5, 0.6) is 0 Å². The number of anilines is 1. The molecule has 0 spiro atoms. The molecule has 2 N–H and O–H groups in total. The quantitative estimate of drug-likeness (QED) is 0.812. The van der Waals surface area contributed by atoms with Gasteiger partial charge in [0.15, 0.2) is 0 Å². The third-order valence-corrected chi connectivity index (χ3v) is 3.57. The first-order chi connectivity index (χ1) is 8.48. The fourth-order valence-corrected chi connectivity index (χ4v) is 1.96. The van der Waals surface area contributed by atoms with E-state index in [9.17, 15) is 8.42 Å². The van der Waals surface area contributed by atoms with Crippen LogP contribution >= 0.6 is 0 Å². The van der Waals surface area contributed by atoms with Gasteiger partial charge in [0, 0.05) is 12.0 Å². The van der Waals surface area contributed by atoms with Crippen molar-refractivity contribution in [1.82, 2.24) is 0 Å². The van der Waals surface area contributed by atoms with Gasteiger partial charge in [-0.2, -0.15) is 0 Å². The number of aryl methyl sites for hydroxylation is 1. The molecule has 0 saturated heterocycles. The number of sulfonamides is 1. The van der Waals surface area contributed by atoms with E-state index in [0.29, 0.717) is 17.7 Å². The summed E-state index contributed by atoms with van der Waals surface area (Å²) in [5.41, 5.74) is 2.11. The Labute approximate surface area is 108 Å². The summed E-state index contributed by atoms with van der Waals surface area (Å²) in [4.78, 5) is 0. The van der Waals surface area contributed by atoms with Gasteiger partial charge in [-0.1, -0.05) is 17.9 Å². The summed E-state index contributed by atoms with van der Waals surface area (Å²) in [7, 11) is -3.31. The average molecular weight is 267 g/mol. The molecule has 0 unspecified atom stereocenters. The number of hydrogen-bond donors (Lipinski definition) is 2. The van der Waals surface area contributed by atoms with Crippen LogP contribution in [0.25, 0.3) is 0 Å². The Kier molecular flexibility index (Phi) is 5.20. The van der Waals surface area contributed by atoms with E-state index in [-0.39, 0.29) is 12.4 Å². The molecule has 0 aliphatic heterocycles. The molecule has 0 radical (unpaired) electrons. The Morgan fingerprint density at radius 1 is 1.39 bits per heavy atom. The van der Waals surface area contributed by atoms with Gasteiger partial charge in [0.25, 0.3) is 0 Å². The van der Waals surface area contributed by atoms with Crippen molar-refractivity contribution >= 4 is 15.7 Å². The Bertz CT molecular complexity index is 568. The number of benzene rings is 1. The molecule has 1 aromatic carbocycles. The highest BCUT2D eigenvalue weighted by Crippen LogP contribution is 2.17. The summed E-state index contributed by atoms with van der Waals surface area (Å²) in [5, 5.41) is 8.68. The molecule has 0 amide bonds. The third kappa shape index (κ3) is 4.40. The van der Waals surface area contributed by atoms with Crippen molar-refractivity contribution in [2.75, 3.05) is 17.1 Å². The predicted molar refractivity (Wildman–Crippen MR) is 72.8 cm³/mol. The lowest BCUT2D eigenvalue weighted by atomic mass is 10.1. The molecule has 1 rings (SSSR count). The minimum Gasteiger partial charge on any atom is -0.395 e. The SMILES string of the molecule is CCS(=O)(=O)Nc1ccc(C)cc1C#CCCO. The van der Waals surface area contributed by atoms with Crippen molar-refractivity contribution in [2.24, 2.45) is 0 Å². The highest BCUT2D eigenvalue weighted by Gasteiger charge is 2.09. The van der Waals surface area contributed by atoms with Crippen LogP contribution in [-0.4, -0.2) is 25.9 Å². The zero-order valence-corrected chi connectivity index (χ0v) is 11.3.